The van der Waals surface area contributed by atoms with E-state index in [0.29, 0.717) is 18.7 Å². The molecule has 0 aromatic heterocycles. The van der Waals surface area contributed by atoms with Crippen LogP contribution in [-0.2, 0) is 19.1 Å². The molecule has 6 heteroatoms. The number of aldehydes is 2. The Morgan fingerprint density at radius 3 is 2.04 bits per heavy atom. The Balaban J connectivity index is -0.000000380. The minimum atomic E-state index is -0.803. The van der Waals surface area contributed by atoms with Crippen LogP contribution in [0.2, 0.25) is 0 Å². The molecule has 0 aromatic carbocycles. The zero-order valence-corrected chi connectivity index (χ0v) is 19.7. The zero-order valence-electron chi connectivity index (χ0n) is 19.7. The Labute approximate surface area is 173 Å². The number of hydrogen-bond acceptors (Lipinski definition) is 5. The molecule has 1 saturated carbocycles. The normalized spacial score (nSPS) is 19.0. The molecule has 0 saturated heterocycles. The van der Waals surface area contributed by atoms with Crippen LogP contribution in [-0.4, -0.2) is 43.5 Å². The maximum absolute atomic E-state index is 11.1. The van der Waals surface area contributed by atoms with E-state index in [2.05, 4.69) is 26.1 Å². The van der Waals surface area contributed by atoms with Crippen LogP contribution in [0.1, 0.15) is 93.9 Å². The SMILES string of the molecule is CC.CC(C)(C)OC(=O)NC(C=O)CC=O.CCC.COC1CCCC(C)C1. The fraction of sp³-hybridized carbons (Fsp3) is 0.864. The van der Waals surface area contributed by atoms with Crippen molar-refractivity contribution >= 4 is 18.7 Å². The number of carbonyl (C=O) groups excluding carboxylic acids is 3. The second-order valence-electron chi connectivity index (χ2n) is 7.63. The summed E-state index contributed by atoms with van der Waals surface area (Å²) in [4.78, 5) is 31.6. The fourth-order valence-corrected chi connectivity index (χ4v) is 2.30. The first-order valence-corrected chi connectivity index (χ1v) is 10.5. The summed E-state index contributed by atoms with van der Waals surface area (Å²) < 4.78 is 10.2. The van der Waals surface area contributed by atoms with E-state index >= 15 is 0 Å². The van der Waals surface area contributed by atoms with Gasteiger partial charge in [0.05, 0.1) is 12.1 Å². The number of methoxy groups -OCH3 is 1. The predicted molar refractivity (Wildman–Crippen MR) is 116 cm³/mol. The largest absolute Gasteiger partial charge is 0.444 e. The summed E-state index contributed by atoms with van der Waals surface area (Å²) in [6, 6.07) is -0.803. The molecule has 0 bridgehead atoms. The predicted octanol–water partition coefficient (Wildman–Crippen LogP) is 5.32. The minimum Gasteiger partial charge on any atom is -0.444 e. The van der Waals surface area contributed by atoms with E-state index in [-0.39, 0.29) is 6.42 Å². The first-order chi connectivity index (χ1) is 13.1. The van der Waals surface area contributed by atoms with Crippen molar-refractivity contribution in [2.45, 2.75) is 112 Å². The van der Waals surface area contributed by atoms with E-state index in [1.807, 2.05) is 21.0 Å². The molecule has 1 aliphatic carbocycles. The number of alkyl carbamates (subject to hydrolysis) is 1. The molecule has 0 aromatic rings. The van der Waals surface area contributed by atoms with Gasteiger partial charge in [-0.2, -0.15) is 0 Å². The third-order valence-electron chi connectivity index (χ3n) is 3.44. The third kappa shape index (κ3) is 22.6. The summed E-state index contributed by atoms with van der Waals surface area (Å²) in [5, 5.41) is 2.26. The second-order valence-corrected chi connectivity index (χ2v) is 7.63. The molecule has 0 aliphatic heterocycles. The van der Waals surface area contributed by atoms with Gasteiger partial charge in [0.2, 0.25) is 0 Å². The number of carbonyl (C=O) groups is 3. The molecular weight excluding hydrogens is 358 g/mol. The molecule has 1 amide bonds. The average Bonchev–Trinajstić information content (AvgIpc) is 2.62. The third-order valence-corrected chi connectivity index (χ3v) is 3.44. The van der Waals surface area contributed by atoms with Gasteiger partial charge in [-0.1, -0.05) is 53.9 Å². The highest BCUT2D eigenvalue weighted by Gasteiger charge is 2.19. The Kier molecular flexibility index (Phi) is 22.7. The molecule has 0 heterocycles. The van der Waals surface area contributed by atoms with Gasteiger partial charge < -0.3 is 24.4 Å². The first-order valence-electron chi connectivity index (χ1n) is 10.5. The number of nitrogens with one attached hydrogen (secondary N) is 1. The van der Waals surface area contributed by atoms with Gasteiger partial charge in [-0.3, -0.25) is 0 Å². The van der Waals surface area contributed by atoms with Crippen molar-refractivity contribution in [2.24, 2.45) is 5.92 Å². The van der Waals surface area contributed by atoms with E-state index in [1.54, 1.807) is 20.8 Å². The summed E-state index contributed by atoms with van der Waals surface area (Å²) in [5.74, 6) is 0.892. The lowest BCUT2D eigenvalue weighted by molar-refractivity contribution is -0.113. The van der Waals surface area contributed by atoms with Crippen LogP contribution in [0.3, 0.4) is 0 Å². The van der Waals surface area contributed by atoms with E-state index < -0.39 is 17.7 Å². The maximum Gasteiger partial charge on any atom is 0.408 e. The van der Waals surface area contributed by atoms with Crippen molar-refractivity contribution in [3.63, 3.8) is 0 Å². The van der Waals surface area contributed by atoms with Crippen molar-refractivity contribution in [3.8, 4) is 0 Å². The minimum absolute atomic E-state index is 0.0389. The second kappa shape index (κ2) is 20.3. The van der Waals surface area contributed by atoms with E-state index in [4.69, 9.17) is 9.47 Å². The van der Waals surface area contributed by atoms with Gasteiger partial charge in [0, 0.05) is 13.5 Å². The lowest BCUT2D eigenvalue weighted by atomic mass is 9.89. The van der Waals surface area contributed by atoms with Crippen LogP contribution < -0.4 is 5.32 Å². The van der Waals surface area contributed by atoms with Crippen LogP contribution in [0, 0.1) is 5.92 Å². The van der Waals surface area contributed by atoms with E-state index in [1.165, 1.54) is 32.1 Å². The Morgan fingerprint density at radius 2 is 1.71 bits per heavy atom. The van der Waals surface area contributed by atoms with Crippen LogP contribution in [0.25, 0.3) is 0 Å². The molecule has 168 valence electrons. The van der Waals surface area contributed by atoms with Gasteiger partial charge in [0.25, 0.3) is 0 Å². The standard InChI is InChI=1S/C9H15NO4.C8H16O.C3H8.C2H6/c1-9(2,3)14-8(13)10-7(6-12)4-5-11;1-7-4-3-5-8(6-7)9-2;1-3-2;1-2/h5-7H,4H2,1-3H3,(H,10,13);7-8H,3-6H2,1-2H3;3H2,1-2H3;1-2H3. The topological polar surface area (TPSA) is 81.7 Å². The fourth-order valence-electron chi connectivity index (χ4n) is 2.30. The maximum atomic E-state index is 11.1. The van der Waals surface area contributed by atoms with Crippen molar-refractivity contribution in [1.82, 2.24) is 5.32 Å². The lowest BCUT2D eigenvalue weighted by Crippen LogP contribution is -2.40. The highest BCUT2D eigenvalue weighted by molar-refractivity contribution is 5.75. The quantitative estimate of drug-likeness (QED) is 0.628. The number of rotatable bonds is 5. The monoisotopic (exact) mass is 403 g/mol. The highest BCUT2D eigenvalue weighted by Crippen LogP contribution is 2.24. The average molecular weight is 404 g/mol. The molecule has 28 heavy (non-hydrogen) atoms. The van der Waals surface area contributed by atoms with Gasteiger partial charge in [-0.15, -0.1) is 0 Å². The summed E-state index contributed by atoms with van der Waals surface area (Å²) >= 11 is 0. The Hall–Kier alpha value is -1.43. The van der Waals surface area contributed by atoms with Crippen molar-refractivity contribution in [2.75, 3.05) is 7.11 Å². The smallest absolute Gasteiger partial charge is 0.408 e. The molecule has 3 atom stereocenters. The number of hydrogen-bond donors (Lipinski definition) is 1. The lowest BCUT2D eigenvalue weighted by Gasteiger charge is -2.25. The molecule has 0 spiro atoms. The molecule has 1 fully saturated rings. The van der Waals surface area contributed by atoms with Gasteiger partial charge in [0.15, 0.2) is 0 Å². The summed E-state index contributed by atoms with van der Waals surface area (Å²) in [7, 11) is 1.82. The number of amides is 1. The van der Waals surface area contributed by atoms with Gasteiger partial charge in [0.1, 0.15) is 18.2 Å². The Morgan fingerprint density at radius 1 is 1.18 bits per heavy atom. The first kappa shape index (κ1) is 31.3. The van der Waals surface area contributed by atoms with Crippen molar-refractivity contribution in [3.05, 3.63) is 0 Å². The van der Waals surface area contributed by atoms with Crippen LogP contribution >= 0.6 is 0 Å². The van der Waals surface area contributed by atoms with Crippen LogP contribution in [0.5, 0.6) is 0 Å². The zero-order chi connectivity index (χ0) is 22.6. The Bertz CT molecular complexity index is 380. The molecule has 1 N–H and O–H groups in total. The van der Waals surface area contributed by atoms with Gasteiger partial charge >= 0.3 is 6.09 Å². The highest BCUT2D eigenvalue weighted by atomic mass is 16.6. The molecule has 1 rings (SSSR count). The molecule has 1 aliphatic rings. The molecular formula is C22H45NO5. The molecule has 6 nitrogen and oxygen atoms in total. The molecule has 3 unspecified atom stereocenters. The van der Waals surface area contributed by atoms with Gasteiger partial charge in [-0.25, -0.2) is 4.79 Å². The summed E-state index contributed by atoms with van der Waals surface area (Å²) in [6.45, 7) is 15.7. The molecule has 0 radical (unpaired) electrons. The van der Waals surface area contributed by atoms with Crippen LogP contribution in [0.15, 0.2) is 0 Å². The van der Waals surface area contributed by atoms with Crippen molar-refractivity contribution in [1.29, 1.82) is 0 Å². The van der Waals surface area contributed by atoms with Gasteiger partial charge in [-0.05, 0) is 39.5 Å². The van der Waals surface area contributed by atoms with E-state index in [9.17, 15) is 14.4 Å². The van der Waals surface area contributed by atoms with E-state index in [0.717, 1.165) is 5.92 Å². The summed E-state index contributed by atoms with van der Waals surface area (Å²) in [5.41, 5.74) is -0.612. The van der Waals surface area contributed by atoms with Crippen LogP contribution in [0.4, 0.5) is 4.79 Å². The number of ether oxygens (including phenoxy) is 2. The van der Waals surface area contributed by atoms with Crippen molar-refractivity contribution < 1.29 is 23.9 Å². The summed E-state index contributed by atoms with van der Waals surface area (Å²) in [6.07, 6.45) is 7.46.